The molecule has 3 rings (SSSR count). The molecule has 1 atom stereocenters. The van der Waals surface area contributed by atoms with E-state index in [-0.39, 0.29) is 11.8 Å². The number of nitrogens with zero attached hydrogens (tertiary/aromatic N) is 4. The van der Waals surface area contributed by atoms with Crippen molar-refractivity contribution in [2.24, 2.45) is 5.92 Å². The third-order valence-corrected chi connectivity index (χ3v) is 4.59. The number of aryl methyl sites for hydroxylation is 2. The van der Waals surface area contributed by atoms with E-state index in [1.807, 2.05) is 32.0 Å². The number of nitrogens with one attached hydrogen (secondary N) is 1. The number of amides is 1. The van der Waals surface area contributed by atoms with Crippen molar-refractivity contribution in [3.63, 3.8) is 0 Å². The molecule has 0 aliphatic carbocycles. The van der Waals surface area contributed by atoms with Gasteiger partial charge < -0.3 is 10.2 Å². The zero-order valence-corrected chi connectivity index (χ0v) is 13.6. The van der Waals surface area contributed by atoms with Gasteiger partial charge in [-0.3, -0.25) is 4.79 Å². The van der Waals surface area contributed by atoms with Gasteiger partial charge in [-0.25, -0.2) is 9.97 Å². The second-order valence-electron chi connectivity index (χ2n) is 5.56. The van der Waals surface area contributed by atoms with Crippen LogP contribution in [0.15, 0.2) is 18.2 Å². The Labute approximate surface area is 133 Å². The van der Waals surface area contributed by atoms with E-state index in [0.29, 0.717) is 12.4 Å². The van der Waals surface area contributed by atoms with Gasteiger partial charge in [-0.1, -0.05) is 6.07 Å². The molecule has 116 valence electrons. The number of piperidine rings is 1. The molecule has 1 N–H and O–H groups in total. The van der Waals surface area contributed by atoms with E-state index in [1.165, 1.54) is 11.5 Å². The molecule has 6 nitrogen and oxygen atoms in total. The van der Waals surface area contributed by atoms with Crippen molar-refractivity contribution in [3.05, 3.63) is 29.7 Å². The molecule has 0 aromatic carbocycles. The zero-order valence-electron chi connectivity index (χ0n) is 12.7. The summed E-state index contributed by atoms with van der Waals surface area (Å²) < 4.78 is 4.22. The van der Waals surface area contributed by atoms with E-state index >= 15 is 0 Å². The lowest BCUT2D eigenvalue weighted by Gasteiger charge is -2.31. The van der Waals surface area contributed by atoms with Crippen molar-refractivity contribution in [1.82, 2.24) is 14.3 Å². The van der Waals surface area contributed by atoms with Gasteiger partial charge in [0, 0.05) is 30.3 Å². The molecule has 3 heterocycles. The Morgan fingerprint density at radius 2 is 2.23 bits per heavy atom. The summed E-state index contributed by atoms with van der Waals surface area (Å²) in [5.74, 6) is 1.40. The first-order chi connectivity index (χ1) is 10.6. The van der Waals surface area contributed by atoms with Crippen molar-refractivity contribution in [1.29, 1.82) is 0 Å². The highest BCUT2D eigenvalue weighted by molar-refractivity contribution is 7.09. The predicted molar refractivity (Wildman–Crippen MR) is 87.2 cm³/mol. The van der Waals surface area contributed by atoms with Crippen molar-refractivity contribution >= 4 is 28.4 Å². The number of rotatable bonds is 3. The number of pyridine rings is 1. The summed E-state index contributed by atoms with van der Waals surface area (Å²) in [6.45, 7) is 5.42. The van der Waals surface area contributed by atoms with E-state index in [4.69, 9.17) is 0 Å². The number of anilines is 2. The maximum Gasteiger partial charge on any atom is 0.230 e. The molecule has 0 bridgehead atoms. The number of carbonyl (C=O) groups is 1. The van der Waals surface area contributed by atoms with Crippen LogP contribution in [0.1, 0.15) is 24.4 Å². The summed E-state index contributed by atoms with van der Waals surface area (Å²) in [7, 11) is 0. The SMILES string of the molecule is Cc1cccc(NC(=O)C2CCCN(c3nc(C)ns3)C2)n1. The molecule has 1 unspecified atom stereocenters. The van der Waals surface area contributed by atoms with E-state index < -0.39 is 0 Å². The van der Waals surface area contributed by atoms with Gasteiger partial charge in [0.1, 0.15) is 11.6 Å². The maximum atomic E-state index is 12.5. The Bertz CT molecular complexity index is 671. The molecule has 22 heavy (non-hydrogen) atoms. The number of hydrogen-bond donors (Lipinski definition) is 1. The second-order valence-corrected chi connectivity index (χ2v) is 6.29. The minimum absolute atomic E-state index is 0.0315. The van der Waals surface area contributed by atoms with Gasteiger partial charge in [0.15, 0.2) is 0 Å². The highest BCUT2D eigenvalue weighted by atomic mass is 32.1. The number of carbonyl (C=O) groups excluding carboxylic acids is 1. The Kier molecular flexibility index (Phi) is 4.33. The van der Waals surface area contributed by atoms with Crippen LogP contribution < -0.4 is 10.2 Å². The largest absolute Gasteiger partial charge is 0.346 e. The van der Waals surface area contributed by atoms with Crippen LogP contribution in [-0.4, -0.2) is 33.3 Å². The van der Waals surface area contributed by atoms with Crippen LogP contribution in [0, 0.1) is 19.8 Å². The fourth-order valence-corrected chi connectivity index (χ4v) is 3.33. The first kappa shape index (κ1) is 14.9. The first-order valence-corrected chi connectivity index (χ1v) is 8.19. The molecule has 2 aromatic rings. The molecule has 7 heteroatoms. The fraction of sp³-hybridized carbons (Fsp3) is 0.467. The van der Waals surface area contributed by atoms with Crippen molar-refractivity contribution in [2.75, 3.05) is 23.3 Å². The van der Waals surface area contributed by atoms with Crippen molar-refractivity contribution in [3.8, 4) is 0 Å². The van der Waals surface area contributed by atoms with Crippen molar-refractivity contribution < 1.29 is 4.79 Å². The van der Waals surface area contributed by atoms with Gasteiger partial charge in [-0.2, -0.15) is 4.37 Å². The summed E-state index contributed by atoms with van der Waals surface area (Å²) in [5, 5.41) is 3.83. The molecule has 0 spiro atoms. The normalized spacial score (nSPS) is 18.3. The third kappa shape index (κ3) is 3.41. The van der Waals surface area contributed by atoms with Crippen molar-refractivity contribution in [2.45, 2.75) is 26.7 Å². The van der Waals surface area contributed by atoms with Crippen LogP contribution in [0.3, 0.4) is 0 Å². The van der Waals surface area contributed by atoms with Gasteiger partial charge in [-0.15, -0.1) is 0 Å². The van der Waals surface area contributed by atoms with Crippen LogP contribution in [-0.2, 0) is 4.79 Å². The molecule has 0 radical (unpaired) electrons. The number of hydrogen-bond acceptors (Lipinski definition) is 6. The fourth-order valence-electron chi connectivity index (χ4n) is 2.62. The van der Waals surface area contributed by atoms with Crippen LogP contribution in [0.4, 0.5) is 10.9 Å². The quantitative estimate of drug-likeness (QED) is 0.941. The molecule has 1 aliphatic rings. The monoisotopic (exact) mass is 317 g/mol. The van der Waals surface area contributed by atoms with Gasteiger partial charge >= 0.3 is 0 Å². The van der Waals surface area contributed by atoms with Gasteiger partial charge in [0.2, 0.25) is 11.0 Å². The standard InChI is InChI=1S/C15H19N5OS/c1-10-5-3-7-13(16-10)18-14(21)12-6-4-8-20(9-12)15-17-11(2)19-22-15/h3,5,7,12H,4,6,8-9H2,1-2H3,(H,16,18,21). The number of aromatic nitrogens is 3. The third-order valence-electron chi connectivity index (χ3n) is 3.72. The summed E-state index contributed by atoms with van der Waals surface area (Å²) in [5.41, 5.74) is 0.896. The van der Waals surface area contributed by atoms with Gasteiger partial charge in [0.25, 0.3) is 0 Å². The molecular formula is C15H19N5OS. The molecule has 0 saturated carbocycles. The van der Waals surface area contributed by atoms with E-state index in [1.54, 1.807) is 0 Å². The molecule has 1 fully saturated rings. The molecule has 1 amide bonds. The Morgan fingerprint density at radius 1 is 1.36 bits per heavy atom. The Hall–Kier alpha value is -2.02. The smallest absolute Gasteiger partial charge is 0.230 e. The summed E-state index contributed by atoms with van der Waals surface area (Å²) in [4.78, 5) is 23.3. The average Bonchev–Trinajstić information content (AvgIpc) is 2.94. The highest BCUT2D eigenvalue weighted by Crippen LogP contribution is 2.25. The van der Waals surface area contributed by atoms with Crippen LogP contribution in [0.25, 0.3) is 0 Å². The summed E-state index contributed by atoms with van der Waals surface area (Å²) in [6, 6.07) is 5.63. The zero-order chi connectivity index (χ0) is 15.5. The molecular weight excluding hydrogens is 298 g/mol. The lowest BCUT2D eigenvalue weighted by Crippen LogP contribution is -2.40. The molecule has 1 aliphatic heterocycles. The second kappa shape index (κ2) is 6.39. The van der Waals surface area contributed by atoms with Crippen LogP contribution in [0.2, 0.25) is 0 Å². The Balaban J connectivity index is 1.65. The maximum absolute atomic E-state index is 12.5. The van der Waals surface area contributed by atoms with E-state index in [2.05, 4.69) is 24.6 Å². The summed E-state index contributed by atoms with van der Waals surface area (Å²) in [6.07, 6.45) is 1.88. The summed E-state index contributed by atoms with van der Waals surface area (Å²) >= 11 is 1.40. The van der Waals surface area contributed by atoms with Gasteiger partial charge in [-0.05, 0) is 38.8 Å². The predicted octanol–water partition coefficient (Wildman–Crippen LogP) is 2.41. The Morgan fingerprint density at radius 3 is 2.95 bits per heavy atom. The lowest BCUT2D eigenvalue weighted by molar-refractivity contribution is -0.120. The topological polar surface area (TPSA) is 71.0 Å². The minimum atomic E-state index is -0.0414. The van der Waals surface area contributed by atoms with E-state index in [9.17, 15) is 4.79 Å². The minimum Gasteiger partial charge on any atom is -0.346 e. The van der Waals surface area contributed by atoms with Crippen LogP contribution in [0.5, 0.6) is 0 Å². The lowest BCUT2D eigenvalue weighted by atomic mass is 9.97. The van der Waals surface area contributed by atoms with E-state index in [0.717, 1.165) is 36.0 Å². The molecule has 2 aromatic heterocycles. The average molecular weight is 317 g/mol. The highest BCUT2D eigenvalue weighted by Gasteiger charge is 2.27. The molecule has 1 saturated heterocycles. The van der Waals surface area contributed by atoms with Gasteiger partial charge in [0.05, 0.1) is 5.92 Å². The first-order valence-electron chi connectivity index (χ1n) is 7.41. The van der Waals surface area contributed by atoms with Crippen LogP contribution >= 0.6 is 11.5 Å².